The maximum atomic E-state index is 13.2. The Labute approximate surface area is 197 Å². The molecule has 174 valence electrons. The second-order valence-corrected chi connectivity index (χ2v) is 10.2. The number of thiazole rings is 1. The number of rotatable bonds is 6. The standard InChI is InChI=1S/C25H29FN4O2S/c1-25(2)31-16-21(32-25)15-30-11-8-17(9-12-30)19-7-10-27-23(13-19)29-24-28-14-22(33-24)18-3-5-20(26)6-4-18/h3-7,10,13-14,17,21H,8-9,11-12,15-16H2,1-2H3,(H,27,28,29)/t21-/m0/s1. The molecule has 0 amide bonds. The topological polar surface area (TPSA) is 59.5 Å². The van der Waals surface area contributed by atoms with E-state index in [0.717, 1.165) is 53.9 Å². The van der Waals surface area contributed by atoms with E-state index in [-0.39, 0.29) is 11.9 Å². The average Bonchev–Trinajstić information content (AvgIpc) is 3.41. The molecule has 2 fully saturated rings. The van der Waals surface area contributed by atoms with Gasteiger partial charge in [0.15, 0.2) is 10.9 Å². The number of anilines is 2. The van der Waals surface area contributed by atoms with Gasteiger partial charge in [0, 0.05) is 18.9 Å². The molecule has 5 rings (SSSR count). The number of aromatic nitrogens is 2. The normalized spacial score (nSPS) is 21.4. The van der Waals surface area contributed by atoms with Crippen LogP contribution in [0.1, 0.15) is 38.2 Å². The van der Waals surface area contributed by atoms with Crippen LogP contribution in [0.2, 0.25) is 0 Å². The highest BCUT2D eigenvalue weighted by Gasteiger charge is 2.34. The highest BCUT2D eigenvalue weighted by atomic mass is 32.1. The summed E-state index contributed by atoms with van der Waals surface area (Å²) in [5.41, 5.74) is 2.26. The lowest BCUT2D eigenvalue weighted by Gasteiger charge is -2.33. The number of pyridine rings is 1. The van der Waals surface area contributed by atoms with E-state index in [0.29, 0.717) is 12.5 Å². The van der Waals surface area contributed by atoms with Crippen molar-refractivity contribution < 1.29 is 13.9 Å². The third-order valence-corrected chi connectivity index (χ3v) is 7.20. The van der Waals surface area contributed by atoms with E-state index in [1.54, 1.807) is 18.3 Å². The summed E-state index contributed by atoms with van der Waals surface area (Å²) in [5.74, 6) is 0.626. The van der Waals surface area contributed by atoms with Crippen LogP contribution in [0, 0.1) is 5.82 Å². The van der Waals surface area contributed by atoms with Gasteiger partial charge in [-0.3, -0.25) is 0 Å². The number of likely N-dealkylation sites (tertiary alicyclic amines) is 1. The van der Waals surface area contributed by atoms with Gasteiger partial charge in [-0.25, -0.2) is 14.4 Å². The van der Waals surface area contributed by atoms with E-state index in [2.05, 4.69) is 32.3 Å². The minimum absolute atomic E-state index is 0.159. The van der Waals surface area contributed by atoms with E-state index < -0.39 is 5.79 Å². The van der Waals surface area contributed by atoms with Crippen molar-refractivity contribution >= 4 is 22.3 Å². The molecule has 2 aliphatic rings. The molecule has 1 aromatic carbocycles. The molecule has 1 N–H and O–H groups in total. The van der Waals surface area contributed by atoms with Crippen LogP contribution in [0.4, 0.5) is 15.3 Å². The molecule has 33 heavy (non-hydrogen) atoms. The van der Waals surface area contributed by atoms with Gasteiger partial charge in [0.05, 0.1) is 17.6 Å². The SMILES string of the molecule is CC1(C)OC[C@H](CN2CCC(c3ccnc(Nc4ncc(-c5ccc(F)cc5)s4)c3)CC2)O1. The molecule has 4 heterocycles. The maximum Gasteiger partial charge on any atom is 0.188 e. The van der Waals surface area contributed by atoms with E-state index in [1.807, 2.05) is 20.0 Å². The van der Waals surface area contributed by atoms with Gasteiger partial charge in [-0.05, 0) is 81.1 Å². The Bertz CT molecular complexity index is 1080. The van der Waals surface area contributed by atoms with Gasteiger partial charge in [0.25, 0.3) is 0 Å². The molecular weight excluding hydrogens is 439 g/mol. The fourth-order valence-corrected chi connectivity index (χ4v) is 5.38. The van der Waals surface area contributed by atoms with Crippen LogP contribution in [0.25, 0.3) is 10.4 Å². The molecule has 0 spiro atoms. The highest BCUT2D eigenvalue weighted by Crippen LogP contribution is 2.33. The van der Waals surface area contributed by atoms with Crippen LogP contribution >= 0.6 is 11.3 Å². The van der Waals surface area contributed by atoms with Crippen molar-refractivity contribution in [2.75, 3.05) is 31.6 Å². The number of piperidine rings is 1. The Morgan fingerprint density at radius 1 is 1.15 bits per heavy atom. The maximum absolute atomic E-state index is 13.2. The number of benzene rings is 1. The molecule has 0 unspecified atom stereocenters. The number of hydrogen-bond acceptors (Lipinski definition) is 7. The molecule has 2 saturated heterocycles. The Morgan fingerprint density at radius 3 is 2.67 bits per heavy atom. The van der Waals surface area contributed by atoms with Crippen molar-refractivity contribution in [2.24, 2.45) is 0 Å². The van der Waals surface area contributed by atoms with Crippen molar-refractivity contribution in [3.05, 3.63) is 60.2 Å². The monoisotopic (exact) mass is 468 g/mol. The third-order valence-electron chi connectivity index (χ3n) is 6.24. The third kappa shape index (κ3) is 5.58. The van der Waals surface area contributed by atoms with Crippen LogP contribution in [0.5, 0.6) is 0 Å². The summed E-state index contributed by atoms with van der Waals surface area (Å²) >= 11 is 1.53. The first-order valence-electron chi connectivity index (χ1n) is 11.4. The first-order valence-corrected chi connectivity index (χ1v) is 12.2. The summed E-state index contributed by atoms with van der Waals surface area (Å²) in [4.78, 5) is 12.4. The predicted octanol–water partition coefficient (Wildman–Crippen LogP) is 5.42. The van der Waals surface area contributed by atoms with E-state index in [9.17, 15) is 4.39 Å². The highest BCUT2D eigenvalue weighted by molar-refractivity contribution is 7.18. The molecule has 0 radical (unpaired) electrons. The molecule has 8 heteroatoms. The smallest absolute Gasteiger partial charge is 0.188 e. The predicted molar refractivity (Wildman–Crippen MR) is 128 cm³/mol. The first-order chi connectivity index (χ1) is 15.9. The molecule has 6 nitrogen and oxygen atoms in total. The summed E-state index contributed by atoms with van der Waals surface area (Å²) in [7, 11) is 0. The van der Waals surface area contributed by atoms with Gasteiger partial charge in [0.1, 0.15) is 11.6 Å². The van der Waals surface area contributed by atoms with Gasteiger partial charge in [-0.15, -0.1) is 0 Å². The van der Waals surface area contributed by atoms with Crippen LogP contribution in [-0.4, -0.2) is 53.0 Å². The summed E-state index contributed by atoms with van der Waals surface area (Å²) in [6.07, 6.45) is 6.06. The Morgan fingerprint density at radius 2 is 1.94 bits per heavy atom. The van der Waals surface area contributed by atoms with Crippen LogP contribution in [0.15, 0.2) is 48.8 Å². The van der Waals surface area contributed by atoms with Gasteiger partial charge < -0.3 is 19.7 Å². The lowest BCUT2D eigenvalue weighted by atomic mass is 9.90. The quantitative estimate of drug-likeness (QED) is 0.521. The first kappa shape index (κ1) is 22.4. The van der Waals surface area contributed by atoms with Crippen LogP contribution in [-0.2, 0) is 9.47 Å². The summed E-state index contributed by atoms with van der Waals surface area (Å²) < 4.78 is 24.8. The van der Waals surface area contributed by atoms with Crippen LogP contribution in [0.3, 0.4) is 0 Å². The zero-order chi connectivity index (χ0) is 22.8. The lowest BCUT2D eigenvalue weighted by molar-refractivity contribution is -0.140. The molecule has 0 saturated carbocycles. The zero-order valence-electron chi connectivity index (χ0n) is 19.0. The summed E-state index contributed by atoms with van der Waals surface area (Å²) in [6, 6.07) is 10.7. The second-order valence-electron chi connectivity index (χ2n) is 9.16. The van der Waals surface area contributed by atoms with E-state index in [1.165, 1.54) is 29.0 Å². The van der Waals surface area contributed by atoms with Gasteiger partial charge in [0.2, 0.25) is 0 Å². The van der Waals surface area contributed by atoms with Crippen LogP contribution < -0.4 is 5.32 Å². The average molecular weight is 469 g/mol. The molecule has 2 aromatic heterocycles. The summed E-state index contributed by atoms with van der Waals surface area (Å²) in [5, 5.41) is 4.10. The van der Waals surface area contributed by atoms with Gasteiger partial charge >= 0.3 is 0 Å². The molecule has 0 bridgehead atoms. The van der Waals surface area contributed by atoms with Crippen molar-refractivity contribution in [3.8, 4) is 10.4 Å². The number of nitrogens with zero attached hydrogens (tertiary/aromatic N) is 3. The largest absolute Gasteiger partial charge is 0.348 e. The van der Waals surface area contributed by atoms with E-state index >= 15 is 0 Å². The lowest BCUT2D eigenvalue weighted by Crippen LogP contribution is -2.39. The van der Waals surface area contributed by atoms with E-state index in [4.69, 9.17) is 9.47 Å². The minimum Gasteiger partial charge on any atom is -0.348 e. The Balaban J connectivity index is 1.17. The number of halogens is 1. The fraction of sp³-hybridized carbons (Fsp3) is 0.440. The molecule has 0 aliphatic carbocycles. The fourth-order valence-electron chi connectivity index (χ4n) is 4.55. The molecular formula is C25H29FN4O2S. The minimum atomic E-state index is -0.458. The Hall–Kier alpha value is -2.39. The van der Waals surface area contributed by atoms with Crippen molar-refractivity contribution in [1.29, 1.82) is 0 Å². The number of ether oxygens (including phenoxy) is 2. The number of hydrogen-bond donors (Lipinski definition) is 1. The van der Waals surface area contributed by atoms with Crippen molar-refractivity contribution in [3.63, 3.8) is 0 Å². The van der Waals surface area contributed by atoms with Gasteiger partial charge in [-0.2, -0.15) is 0 Å². The Kier molecular flexibility index (Phi) is 6.42. The number of nitrogens with one attached hydrogen (secondary N) is 1. The van der Waals surface area contributed by atoms with Gasteiger partial charge in [-0.1, -0.05) is 23.5 Å². The molecule has 3 aromatic rings. The molecule has 1 atom stereocenters. The second kappa shape index (κ2) is 9.46. The zero-order valence-corrected chi connectivity index (χ0v) is 19.8. The molecule has 2 aliphatic heterocycles. The van der Waals surface area contributed by atoms with Crippen molar-refractivity contribution in [1.82, 2.24) is 14.9 Å². The summed E-state index contributed by atoms with van der Waals surface area (Å²) in [6.45, 7) is 7.67. The van der Waals surface area contributed by atoms with Crippen molar-refractivity contribution in [2.45, 2.75) is 44.5 Å².